The third kappa shape index (κ3) is 3.91. The molecule has 6 rings (SSSR count). The highest BCUT2D eigenvalue weighted by Crippen LogP contribution is 2.62. The monoisotopic (exact) mass is 391 g/mol. The van der Waals surface area contributed by atoms with Gasteiger partial charge in [0.15, 0.2) is 0 Å². The van der Waals surface area contributed by atoms with E-state index in [1.165, 1.54) is 6.42 Å². The molecule has 2 aromatic rings. The minimum absolute atomic E-state index is 0.00284. The van der Waals surface area contributed by atoms with Crippen molar-refractivity contribution in [1.29, 1.82) is 0 Å². The second-order valence-corrected chi connectivity index (χ2v) is 9.85. The zero-order valence-corrected chi connectivity index (χ0v) is 17.0. The molecule has 4 fully saturated rings. The van der Waals surface area contributed by atoms with Crippen molar-refractivity contribution in [2.75, 3.05) is 5.32 Å². The van der Waals surface area contributed by atoms with Gasteiger partial charge >= 0.3 is 0 Å². The first-order chi connectivity index (χ1) is 13.9. The number of amides is 1. The smallest absolute Gasteiger partial charge is 0.224 e. The van der Waals surface area contributed by atoms with Gasteiger partial charge in [-0.05, 0) is 105 Å². The fraction of sp³-hybridized carbons (Fsp3) is 0.480. The molecular weight excluding hydrogens is 362 g/mol. The minimum Gasteiger partial charge on any atom is -0.457 e. The predicted octanol–water partition coefficient (Wildman–Crippen LogP) is 5.45. The summed E-state index contributed by atoms with van der Waals surface area (Å²) in [5.41, 5.74) is 1.42. The molecule has 4 aliphatic rings. The van der Waals surface area contributed by atoms with Crippen LogP contribution < -0.4 is 10.1 Å². The largest absolute Gasteiger partial charge is 0.457 e. The highest BCUT2D eigenvalue weighted by atomic mass is 16.5. The van der Waals surface area contributed by atoms with E-state index in [0.717, 1.165) is 54.9 Å². The van der Waals surface area contributed by atoms with E-state index >= 15 is 0 Å². The fourth-order valence-electron chi connectivity index (χ4n) is 6.58. The summed E-state index contributed by atoms with van der Waals surface area (Å²) < 4.78 is 5.88. The van der Waals surface area contributed by atoms with Gasteiger partial charge in [-0.1, -0.05) is 12.1 Å². The molecule has 0 radical (unpaired) electrons. The van der Waals surface area contributed by atoms with Crippen LogP contribution in [0, 0.1) is 24.2 Å². The molecule has 2 unspecified atom stereocenters. The first kappa shape index (κ1) is 18.7. The Morgan fingerprint density at radius 2 is 1.79 bits per heavy atom. The maximum absolute atomic E-state index is 12.8. The van der Waals surface area contributed by atoms with Crippen molar-refractivity contribution in [2.24, 2.45) is 17.3 Å². The number of rotatable bonds is 5. The van der Waals surface area contributed by atoms with E-state index in [2.05, 4.69) is 5.32 Å². The zero-order chi connectivity index (χ0) is 20.1. The van der Waals surface area contributed by atoms with Crippen molar-refractivity contribution in [1.82, 2.24) is 0 Å². The summed E-state index contributed by atoms with van der Waals surface area (Å²) in [7, 11) is 0. The van der Waals surface area contributed by atoms with Crippen LogP contribution in [0.3, 0.4) is 0 Å². The third-order valence-electron chi connectivity index (χ3n) is 7.05. The van der Waals surface area contributed by atoms with Crippen molar-refractivity contribution in [3.05, 3.63) is 54.1 Å². The van der Waals surface area contributed by atoms with E-state index < -0.39 is 5.60 Å². The molecular formula is C25H29NO3. The Kier molecular flexibility index (Phi) is 4.43. The summed E-state index contributed by atoms with van der Waals surface area (Å²) in [5.74, 6) is 2.82. The lowest BCUT2D eigenvalue weighted by Crippen LogP contribution is -2.56. The summed E-state index contributed by atoms with van der Waals surface area (Å²) >= 11 is 0. The molecule has 4 bridgehead atoms. The van der Waals surface area contributed by atoms with Gasteiger partial charge in [-0.2, -0.15) is 0 Å². The molecule has 0 saturated heterocycles. The van der Waals surface area contributed by atoms with Crippen LogP contribution in [0.15, 0.2) is 48.5 Å². The summed E-state index contributed by atoms with van der Waals surface area (Å²) in [4.78, 5) is 12.8. The van der Waals surface area contributed by atoms with Crippen molar-refractivity contribution in [3.63, 3.8) is 0 Å². The molecule has 0 spiro atoms. The molecule has 0 heterocycles. The molecule has 0 aromatic heterocycles. The maximum atomic E-state index is 12.8. The molecule has 1 amide bonds. The van der Waals surface area contributed by atoms with E-state index in [0.29, 0.717) is 18.3 Å². The molecule has 2 N–H and O–H groups in total. The Labute approximate surface area is 172 Å². The number of hydrogen-bond acceptors (Lipinski definition) is 3. The topological polar surface area (TPSA) is 58.6 Å². The molecule has 29 heavy (non-hydrogen) atoms. The lowest BCUT2D eigenvalue weighted by atomic mass is 9.47. The normalized spacial score (nSPS) is 32.2. The average Bonchev–Trinajstić information content (AvgIpc) is 2.61. The minimum atomic E-state index is -0.515. The Balaban J connectivity index is 1.21. The van der Waals surface area contributed by atoms with Gasteiger partial charge in [0.05, 0.1) is 5.60 Å². The number of aryl methyl sites for hydroxylation is 1. The van der Waals surface area contributed by atoms with Gasteiger partial charge in [0, 0.05) is 12.1 Å². The van der Waals surface area contributed by atoms with E-state index in [1.807, 2.05) is 55.5 Å². The number of nitrogens with one attached hydrogen (secondary N) is 1. The number of benzene rings is 2. The quantitative estimate of drug-likeness (QED) is 0.713. The number of hydrogen-bond donors (Lipinski definition) is 2. The van der Waals surface area contributed by atoms with Crippen LogP contribution in [-0.4, -0.2) is 16.6 Å². The van der Waals surface area contributed by atoms with Gasteiger partial charge in [0.2, 0.25) is 5.91 Å². The second kappa shape index (κ2) is 6.88. The molecule has 4 heteroatoms. The van der Waals surface area contributed by atoms with Crippen molar-refractivity contribution < 1.29 is 14.6 Å². The average molecular weight is 392 g/mol. The predicted molar refractivity (Wildman–Crippen MR) is 113 cm³/mol. The van der Waals surface area contributed by atoms with Crippen molar-refractivity contribution >= 4 is 11.6 Å². The third-order valence-corrected chi connectivity index (χ3v) is 7.05. The van der Waals surface area contributed by atoms with Crippen molar-refractivity contribution in [2.45, 2.75) is 57.5 Å². The molecule has 4 aliphatic carbocycles. The summed E-state index contributed by atoms with van der Waals surface area (Å²) in [6.45, 7) is 2.04. The summed E-state index contributed by atoms with van der Waals surface area (Å²) in [6, 6.07) is 15.5. The lowest BCUT2D eigenvalue weighted by Gasteiger charge is -2.60. The highest BCUT2D eigenvalue weighted by molar-refractivity contribution is 5.91. The molecule has 4 atom stereocenters. The number of aliphatic hydroxyl groups is 1. The standard InChI is InChI=1S/C25H29NO3/c1-17-3-2-4-22(9-17)29-21-7-5-20(6-8-21)26-23(27)15-24-11-18-10-19(12-24)14-25(28,13-18)16-24/h2-9,18-19,28H,10-16H2,1H3,(H,26,27)/t18-,19+,24?,25?. The van der Waals surface area contributed by atoms with Crippen LogP contribution in [0.4, 0.5) is 5.69 Å². The Morgan fingerprint density at radius 3 is 2.45 bits per heavy atom. The van der Waals surface area contributed by atoms with E-state index in [-0.39, 0.29) is 11.3 Å². The maximum Gasteiger partial charge on any atom is 0.224 e. The first-order valence-electron chi connectivity index (χ1n) is 10.8. The van der Waals surface area contributed by atoms with Crippen LogP contribution in [0.1, 0.15) is 50.5 Å². The highest BCUT2D eigenvalue weighted by Gasteiger charge is 2.57. The number of carbonyl (C=O) groups excluding carboxylic acids is 1. The number of ether oxygens (including phenoxy) is 1. The summed E-state index contributed by atoms with van der Waals surface area (Å²) in [5, 5.41) is 13.9. The molecule has 0 aliphatic heterocycles. The van der Waals surface area contributed by atoms with Crippen LogP contribution in [0.25, 0.3) is 0 Å². The fourth-order valence-corrected chi connectivity index (χ4v) is 6.58. The Bertz CT molecular complexity index is 906. The van der Waals surface area contributed by atoms with Gasteiger partial charge in [0.25, 0.3) is 0 Å². The number of anilines is 1. The van der Waals surface area contributed by atoms with E-state index in [9.17, 15) is 9.90 Å². The lowest BCUT2D eigenvalue weighted by molar-refractivity contribution is -0.167. The van der Waals surface area contributed by atoms with Crippen LogP contribution >= 0.6 is 0 Å². The van der Waals surface area contributed by atoms with Gasteiger partial charge in [-0.25, -0.2) is 0 Å². The second-order valence-electron chi connectivity index (χ2n) is 9.85. The molecule has 152 valence electrons. The SMILES string of the molecule is Cc1cccc(Oc2ccc(NC(=O)CC34C[C@@H]5C[C@@H](CC(O)(C5)C3)C4)cc2)c1. The molecule has 4 saturated carbocycles. The Hall–Kier alpha value is -2.33. The van der Waals surface area contributed by atoms with E-state index in [1.54, 1.807) is 0 Å². The summed E-state index contributed by atoms with van der Waals surface area (Å²) in [6.07, 6.45) is 6.64. The Morgan fingerprint density at radius 1 is 1.07 bits per heavy atom. The van der Waals surface area contributed by atoms with Gasteiger partial charge in [-0.15, -0.1) is 0 Å². The van der Waals surface area contributed by atoms with Crippen LogP contribution in [0.2, 0.25) is 0 Å². The van der Waals surface area contributed by atoms with Crippen LogP contribution in [-0.2, 0) is 4.79 Å². The first-order valence-corrected chi connectivity index (χ1v) is 10.8. The molecule has 4 nitrogen and oxygen atoms in total. The number of carbonyl (C=O) groups is 1. The zero-order valence-electron chi connectivity index (χ0n) is 17.0. The van der Waals surface area contributed by atoms with E-state index in [4.69, 9.17) is 4.74 Å². The van der Waals surface area contributed by atoms with Gasteiger partial charge in [-0.3, -0.25) is 4.79 Å². The molecule has 2 aromatic carbocycles. The van der Waals surface area contributed by atoms with Gasteiger partial charge in [0.1, 0.15) is 11.5 Å². The van der Waals surface area contributed by atoms with Crippen LogP contribution in [0.5, 0.6) is 11.5 Å². The van der Waals surface area contributed by atoms with Gasteiger partial charge < -0.3 is 15.2 Å². The van der Waals surface area contributed by atoms with Crippen molar-refractivity contribution in [3.8, 4) is 11.5 Å².